The summed E-state index contributed by atoms with van der Waals surface area (Å²) >= 11 is 1.12. The molecule has 0 radical (unpaired) electrons. The average Bonchev–Trinajstić information content (AvgIpc) is 3.37. The lowest BCUT2D eigenvalue weighted by Crippen LogP contribution is -2.15. The molecular formula is C25H22N4O5S. The number of rotatable bonds is 9. The first-order valence-corrected chi connectivity index (χ1v) is 11.5. The minimum Gasteiger partial charge on any atom is -0.496 e. The third-order valence-electron chi connectivity index (χ3n) is 4.86. The molecule has 0 fully saturated rings. The number of amides is 2. The molecule has 2 amide bonds. The second-order valence-electron chi connectivity index (χ2n) is 7.14. The molecule has 0 aliphatic rings. The smallest absolute Gasteiger partial charge is 0.277 e. The molecule has 0 atom stereocenters. The number of carbonyl (C=O) groups excluding carboxylic acids is 2. The lowest BCUT2D eigenvalue weighted by atomic mass is 10.2. The molecule has 3 aromatic carbocycles. The monoisotopic (exact) mass is 490 g/mol. The van der Waals surface area contributed by atoms with Crippen molar-refractivity contribution in [3.8, 4) is 23.0 Å². The molecule has 4 rings (SSSR count). The Morgan fingerprint density at radius 3 is 2.29 bits per heavy atom. The van der Waals surface area contributed by atoms with Crippen LogP contribution in [0.1, 0.15) is 10.4 Å². The largest absolute Gasteiger partial charge is 0.496 e. The molecule has 1 aromatic heterocycles. The number of methoxy groups -OCH3 is 2. The van der Waals surface area contributed by atoms with Crippen LogP contribution in [0.5, 0.6) is 11.5 Å². The highest BCUT2D eigenvalue weighted by molar-refractivity contribution is 7.99. The standard InChI is InChI=1S/C25H22N4O5S/c1-32-20-9-5-3-7-18(20)24-28-29-25(34-24)35-15-22(30)26-17-13-11-16(12-14-17)23(31)27-19-8-4-6-10-21(19)33-2/h3-14H,15H2,1-2H3,(H,26,30)(H,27,31). The van der Waals surface area contributed by atoms with Gasteiger partial charge in [0.05, 0.1) is 31.2 Å². The summed E-state index contributed by atoms with van der Waals surface area (Å²) in [7, 11) is 3.10. The van der Waals surface area contributed by atoms with Gasteiger partial charge in [0.15, 0.2) is 0 Å². The second-order valence-corrected chi connectivity index (χ2v) is 8.07. The van der Waals surface area contributed by atoms with E-state index in [4.69, 9.17) is 13.9 Å². The van der Waals surface area contributed by atoms with E-state index >= 15 is 0 Å². The van der Waals surface area contributed by atoms with Gasteiger partial charge in [-0.1, -0.05) is 36.0 Å². The number of carbonyl (C=O) groups is 2. The molecule has 0 aliphatic carbocycles. The molecule has 1 heterocycles. The van der Waals surface area contributed by atoms with Crippen molar-refractivity contribution in [1.82, 2.24) is 10.2 Å². The maximum Gasteiger partial charge on any atom is 0.277 e. The predicted octanol–water partition coefficient (Wildman–Crippen LogP) is 4.74. The minimum absolute atomic E-state index is 0.0730. The van der Waals surface area contributed by atoms with Gasteiger partial charge in [0, 0.05) is 11.3 Å². The van der Waals surface area contributed by atoms with Gasteiger partial charge < -0.3 is 24.5 Å². The zero-order chi connectivity index (χ0) is 24.6. The summed E-state index contributed by atoms with van der Waals surface area (Å²) in [4.78, 5) is 24.9. The fraction of sp³-hybridized carbons (Fsp3) is 0.120. The van der Waals surface area contributed by atoms with Gasteiger partial charge in [0.1, 0.15) is 11.5 Å². The van der Waals surface area contributed by atoms with Gasteiger partial charge in [-0.05, 0) is 48.5 Å². The predicted molar refractivity (Wildman–Crippen MR) is 133 cm³/mol. The molecule has 0 spiro atoms. The third kappa shape index (κ3) is 5.98. The number of thioether (sulfide) groups is 1. The van der Waals surface area contributed by atoms with Crippen LogP contribution in [0, 0.1) is 0 Å². The molecule has 0 unspecified atom stereocenters. The first-order chi connectivity index (χ1) is 17.1. The van der Waals surface area contributed by atoms with E-state index in [-0.39, 0.29) is 22.8 Å². The van der Waals surface area contributed by atoms with Crippen LogP contribution in [0.4, 0.5) is 11.4 Å². The van der Waals surface area contributed by atoms with Crippen molar-refractivity contribution in [2.45, 2.75) is 5.22 Å². The van der Waals surface area contributed by atoms with Crippen molar-refractivity contribution in [2.75, 3.05) is 30.6 Å². The average molecular weight is 491 g/mol. The van der Waals surface area contributed by atoms with Gasteiger partial charge in [-0.3, -0.25) is 9.59 Å². The molecule has 0 saturated carbocycles. The van der Waals surface area contributed by atoms with Crippen LogP contribution < -0.4 is 20.1 Å². The van der Waals surface area contributed by atoms with Crippen LogP contribution in [0.2, 0.25) is 0 Å². The second kappa shape index (κ2) is 11.2. The van der Waals surface area contributed by atoms with E-state index in [1.807, 2.05) is 30.3 Å². The van der Waals surface area contributed by atoms with E-state index in [1.165, 1.54) is 0 Å². The van der Waals surface area contributed by atoms with E-state index in [0.717, 1.165) is 11.8 Å². The van der Waals surface area contributed by atoms with Crippen LogP contribution in [-0.4, -0.2) is 42.0 Å². The zero-order valence-electron chi connectivity index (χ0n) is 19.0. The number of nitrogens with zero attached hydrogens (tertiary/aromatic N) is 2. The Labute approximate surface area is 205 Å². The van der Waals surface area contributed by atoms with Crippen LogP contribution in [0.25, 0.3) is 11.5 Å². The molecule has 0 bridgehead atoms. The molecule has 0 saturated heterocycles. The summed E-state index contributed by atoms with van der Waals surface area (Å²) in [6.07, 6.45) is 0. The molecule has 4 aromatic rings. The lowest BCUT2D eigenvalue weighted by molar-refractivity contribution is -0.113. The van der Waals surface area contributed by atoms with Crippen molar-refractivity contribution in [3.05, 3.63) is 78.4 Å². The Bertz CT molecular complexity index is 1320. The van der Waals surface area contributed by atoms with Crippen molar-refractivity contribution < 1.29 is 23.5 Å². The highest BCUT2D eigenvalue weighted by Gasteiger charge is 2.15. The van der Waals surface area contributed by atoms with Gasteiger partial charge in [-0.15, -0.1) is 10.2 Å². The first-order valence-electron chi connectivity index (χ1n) is 10.5. The summed E-state index contributed by atoms with van der Waals surface area (Å²) in [6.45, 7) is 0. The molecule has 35 heavy (non-hydrogen) atoms. The fourth-order valence-corrected chi connectivity index (χ4v) is 3.73. The molecule has 9 nitrogen and oxygen atoms in total. The summed E-state index contributed by atoms with van der Waals surface area (Å²) in [5.41, 5.74) is 2.25. The van der Waals surface area contributed by atoms with Crippen LogP contribution in [0.3, 0.4) is 0 Å². The number of aromatic nitrogens is 2. The summed E-state index contributed by atoms with van der Waals surface area (Å²) in [6, 6.07) is 21.0. The van der Waals surface area contributed by atoms with E-state index in [0.29, 0.717) is 39.9 Å². The molecule has 178 valence electrons. The number of para-hydroxylation sites is 3. The van der Waals surface area contributed by atoms with Crippen LogP contribution in [-0.2, 0) is 4.79 Å². The van der Waals surface area contributed by atoms with Crippen molar-refractivity contribution in [1.29, 1.82) is 0 Å². The zero-order valence-corrected chi connectivity index (χ0v) is 19.8. The minimum atomic E-state index is -0.287. The molecule has 10 heteroatoms. The molecular weight excluding hydrogens is 468 g/mol. The molecule has 0 aliphatic heterocycles. The Morgan fingerprint density at radius 2 is 1.54 bits per heavy atom. The van der Waals surface area contributed by atoms with Crippen LogP contribution >= 0.6 is 11.8 Å². The first kappa shape index (κ1) is 23.8. The number of benzene rings is 3. The highest BCUT2D eigenvalue weighted by atomic mass is 32.2. The molecule has 2 N–H and O–H groups in total. The quantitative estimate of drug-likeness (QED) is 0.323. The summed E-state index contributed by atoms with van der Waals surface area (Å²) in [5.74, 6) is 1.03. The van der Waals surface area contributed by atoms with E-state index in [2.05, 4.69) is 20.8 Å². The SMILES string of the molecule is COc1ccccc1NC(=O)c1ccc(NC(=O)CSc2nnc(-c3ccccc3OC)o2)cc1. The number of ether oxygens (including phenoxy) is 2. The van der Waals surface area contributed by atoms with Crippen molar-refractivity contribution in [3.63, 3.8) is 0 Å². The van der Waals surface area contributed by atoms with Gasteiger partial charge in [0.2, 0.25) is 5.91 Å². The number of anilines is 2. The van der Waals surface area contributed by atoms with Gasteiger partial charge in [-0.25, -0.2) is 0 Å². The Morgan fingerprint density at radius 1 is 0.857 bits per heavy atom. The topological polar surface area (TPSA) is 116 Å². The van der Waals surface area contributed by atoms with Gasteiger partial charge in [-0.2, -0.15) is 0 Å². The fourth-order valence-electron chi connectivity index (χ4n) is 3.17. The van der Waals surface area contributed by atoms with E-state index in [1.54, 1.807) is 56.7 Å². The van der Waals surface area contributed by atoms with Crippen molar-refractivity contribution >= 4 is 35.0 Å². The normalized spacial score (nSPS) is 10.5. The Balaban J connectivity index is 1.30. The van der Waals surface area contributed by atoms with Crippen molar-refractivity contribution in [2.24, 2.45) is 0 Å². The van der Waals surface area contributed by atoms with E-state index in [9.17, 15) is 9.59 Å². The highest BCUT2D eigenvalue weighted by Crippen LogP contribution is 2.30. The van der Waals surface area contributed by atoms with Crippen LogP contribution in [0.15, 0.2) is 82.4 Å². The lowest BCUT2D eigenvalue weighted by Gasteiger charge is -2.10. The Hall–Kier alpha value is -4.31. The maximum atomic E-state index is 12.5. The maximum absolute atomic E-state index is 12.5. The third-order valence-corrected chi connectivity index (χ3v) is 5.68. The number of nitrogens with one attached hydrogen (secondary N) is 2. The number of hydrogen-bond acceptors (Lipinski definition) is 8. The van der Waals surface area contributed by atoms with Gasteiger partial charge >= 0.3 is 0 Å². The summed E-state index contributed by atoms with van der Waals surface area (Å²) in [5, 5.41) is 13.9. The van der Waals surface area contributed by atoms with Gasteiger partial charge in [0.25, 0.3) is 17.0 Å². The Kier molecular flexibility index (Phi) is 7.63. The number of hydrogen-bond donors (Lipinski definition) is 2. The summed E-state index contributed by atoms with van der Waals surface area (Å²) < 4.78 is 16.2. The van der Waals surface area contributed by atoms with E-state index < -0.39 is 0 Å².